The van der Waals surface area contributed by atoms with E-state index in [9.17, 15) is 8.42 Å². The van der Waals surface area contributed by atoms with E-state index in [1.165, 1.54) is 11.1 Å². The van der Waals surface area contributed by atoms with Crippen LogP contribution in [-0.4, -0.2) is 62.7 Å². The van der Waals surface area contributed by atoms with E-state index in [1.807, 2.05) is 4.31 Å². The summed E-state index contributed by atoms with van der Waals surface area (Å²) in [5.74, 6) is 1.57. The van der Waals surface area contributed by atoms with Gasteiger partial charge < -0.3 is 10.5 Å². The maximum Gasteiger partial charge on any atom is 0.214 e. The van der Waals surface area contributed by atoms with Crippen LogP contribution in [0.4, 0.5) is 0 Å². The van der Waals surface area contributed by atoms with Gasteiger partial charge in [0.05, 0.1) is 12.9 Å². The normalized spacial score (nSPS) is 28.3. The van der Waals surface area contributed by atoms with Crippen LogP contribution in [-0.2, 0) is 16.4 Å². The number of fused-ring (bicyclic) bond motifs is 4. The summed E-state index contributed by atoms with van der Waals surface area (Å²) >= 11 is 0. The van der Waals surface area contributed by atoms with Crippen LogP contribution in [0, 0.1) is 12.8 Å². The smallest absolute Gasteiger partial charge is 0.214 e. The zero-order valence-electron chi connectivity index (χ0n) is 17.1. The molecule has 0 bridgehead atoms. The van der Waals surface area contributed by atoms with Gasteiger partial charge in [-0.15, -0.1) is 0 Å². The van der Waals surface area contributed by atoms with Gasteiger partial charge in [-0.25, -0.2) is 8.42 Å². The lowest BCUT2D eigenvalue weighted by Crippen LogP contribution is -2.57. The van der Waals surface area contributed by atoms with Gasteiger partial charge in [-0.1, -0.05) is 6.07 Å². The van der Waals surface area contributed by atoms with E-state index in [2.05, 4.69) is 24.0 Å². The second-order valence-corrected chi connectivity index (χ2v) is 10.6. The summed E-state index contributed by atoms with van der Waals surface area (Å²) in [6.07, 6.45) is 4.57. The van der Waals surface area contributed by atoms with Crippen LogP contribution in [0.15, 0.2) is 12.1 Å². The third-order valence-corrected chi connectivity index (χ3v) is 8.86. The topological polar surface area (TPSA) is 75.9 Å². The quantitative estimate of drug-likeness (QED) is 0.809. The Morgan fingerprint density at radius 3 is 2.86 bits per heavy atom. The molecule has 3 aliphatic rings. The molecular weight excluding hydrogens is 374 g/mol. The number of ether oxygens (including phenoxy) is 1. The highest BCUT2D eigenvalue weighted by Crippen LogP contribution is 2.44. The molecule has 2 saturated heterocycles. The molecule has 0 unspecified atom stereocenters. The largest absolute Gasteiger partial charge is 0.496 e. The monoisotopic (exact) mass is 407 g/mol. The number of rotatable bonds is 5. The van der Waals surface area contributed by atoms with Crippen molar-refractivity contribution in [3.8, 4) is 5.75 Å². The Labute approximate surface area is 169 Å². The van der Waals surface area contributed by atoms with Gasteiger partial charge in [0, 0.05) is 31.7 Å². The van der Waals surface area contributed by atoms with Crippen molar-refractivity contribution in [1.29, 1.82) is 0 Å². The summed E-state index contributed by atoms with van der Waals surface area (Å²) in [7, 11) is -1.51. The van der Waals surface area contributed by atoms with Crippen LogP contribution in [0.5, 0.6) is 5.75 Å². The average Bonchev–Trinajstić information content (AvgIpc) is 2.70. The molecule has 156 valence electrons. The number of methoxy groups -OCH3 is 1. The molecule has 28 heavy (non-hydrogen) atoms. The van der Waals surface area contributed by atoms with E-state index in [4.69, 9.17) is 10.5 Å². The number of hydrogen-bond donors (Lipinski definition) is 1. The summed E-state index contributed by atoms with van der Waals surface area (Å²) in [6, 6.07) is 4.87. The summed E-state index contributed by atoms with van der Waals surface area (Å²) in [5, 5.41) is 0. The molecule has 3 heterocycles. The SMILES string of the molecule is COc1cc2c(cc1C)[C@@H]1C[C@@H]3[C@@H](CCCN3S(=O)(=O)CCCN)CN1CC2. The van der Waals surface area contributed by atoms with Gasteiger partial charge in [-0.05, 0) is 74.2 Å². The standard InChI is InChI=1S/C21H33N3O3S/c1-15-11-18-16(12-21(15)27-2)6-9-23-14-17-5-3-8-24(19(17)13-20(18)23)28(25,26)10-4-7-22/h11-12,17,19-20H,3-10,13-14,22H2,1-2H3/t17-,19+,20-/m0/s1. The van der Waals surface area contributed by atoms with Crippen molar-refractivity contribution in [3.63, 3.8) is 0 Å². The highest BCUT2D eigenvalue weighted by Gasteiger charge is 2.45. The molecule has 2 fully saturated rings. The minimum Gasteiger partial charge on any atom is -0.496 e. The van der Waals surface area contributed by atoms with Crippen LogP contribution in [0.2, 0.25) is 0 Å². The van der Waals surface area contributed by atoms with Crippen LogP contribution < -0.4 is 10.5 Å². The molecule has 0 saturated carbocycles. The number of benzene rings is 1. The summed E-state index contributed by atoms with van der Waals surface area (Å²) < 4.78 is 33.3. The average molecular weight is 408 g/mol. The molecule has 6 nitrogen and oxygen atoms in total. The highest BCUT2D eigenvalue weighted by atomic mass is 32.2. The van der Waals surface area contributed by atoms with E-state index < -0.39 is 10.0 Å². The van der Waals surface area contributed by atoms with Crippen molar-refractivity contribution in [1.82, 2.24) is 9.21 Å². The zero-order valence-corrected chi connectivity index (χ0v) is 17.9. The van der Waals surface area contributed by atoms with Gasteiger partial charge in [0.15, 0.2) is 0 Å². The lowest BCUT2D eigenvalue weighted by Gasteiger charge is -2.51. The highest BCUT2D eigenvalue weighted by molar-refractivity contribution is 7.89. The maximum absolute atomic E-state index is 13.0. The van der Waals surface area contributed by atoms with Crippen molar-refractivity contribution in [2.24, 2.45) is 11.7 Å². The molecule has 4 rings (SSSR count). The number of aryl methyl sites for hydroxylation is 1. The predicted molar refractivity (Wildman–Crippen MR) is 111 cm³/mol. The molecule has 0 aromatic heterocycles. The van der Waals surface area contributed by atoms with Gasteiger partial charge >= 0.3 is 0 Å². The van der Waals surface area contributed by atoms with Gasteiger partial charge in [-0.3, -0.25) is 4.90 Å². The van der Waals surface area contributed by atoms with E-state index in [-0.39, 0.29) is 11.8 Å². The molecule has 3 atom stereocenters. The van der Waals surface area contributed by atoms with Crippen molar-refractivity contribution < 1.29 is 13.2 Å². The van der Waals surface area contributed by atoms with Crippen molar-refractivity contribution in [3.05, 3.63) is 28.8 Å². The molecule has 0 spiro atoms. The second-order valence-electron chi connectivity index (χ2n) is 8.56. The molecule has 7 heteroatoms. The Bertz CT molecular complexity index is 826. The fraction of sp³-hybridized carbons (Fsp3) is 0.714. The van der Waals surface area contributed by atoms with Gasteiger partial charge in [0.1, 0.15) is 5.75 Å². The number of hydrogen-bond acceptors (Lipinski definition) is 5. The summed E-state index contributed by atoms with van der Waals surface area (Å²) in [5.41, 5.74) is 9.45. The number of piperidine rings is 2. The van der Waals surface area contributed by atoms with Crippen molar-refractivity contribution in [2.45, 2.75) is 51.1 Å². The number of sulfonamides is 1. The Balaban J connectivity index is 1.63. The Hall–Kier alpha value is -1.15. The van der Waals surface area contributed by atoms with Crippen LogP contribution in [0.1, 0.15) is 48.4 Å². The molecular formula is C21H33N3O3S. The minimum absolute atomic E-state index is 0.117. The van der Waals surface area contributed by atoms with E-state index >= 15 is 0 Å². The summed E-state index contributed by atoms with van der Waals surface area (Å²) in [6.45, 7) is 5.23. The zero-order chi connectivity index (χ0) is 19.9. The second kappa shape index (κ2) is 7.94. The molecule has 2 N–H and O–H groups in total. The van der Waals surface area contributed by atoms with E-state index in [0.29, 0.717) is 31.5 Å². The molecule has 0 amide bonds. The van der Waals surface area contributed by atoms with Crippen LogP contribution in [0.3, 0.4) is 0 Å². The molecule has 0 radical (unpaired) electrons. The van der Waals surface area contributed by atoms with Gasteiger partial charge in [0.2, 0.25) is 10.0 Å². The first-order valence-corrected chi connectivity index (χ1v) is 12.2. The molecule has 1 aromatic rings. The predicted octanol–water partition coefficient (Wildman–Crippen LogP) is 2.07. The first-order chi connectivity index (χ1) is 13.4. The Morgan fingerprint density at radius 2 is 2.11 bits per heavy atom. The third kappa shape index (κ3) is 3.58. The summed E-state index contributed by atoms with van der Waals surface area (Å²) in [4.78, 5) is 2.59. The first-order valence-electron chi connectivity index (χ1n) is 10.6. The third-order valence-electron chi connectivity index (χ3n) is 6.89. The van der Waals surface area contributed by atoms with Gasteiger partial charge in [-0.2, -0.15) is 4.31 Å². The van der Waals surface area contributed by atoms with Crippen molar-refractivity contribution >= 4 is 10.0 Å². The van der Waals surface area contributed by atoms with E-state index in [1.54, 1.807) is 7.11 Å². The lowest BCUT2D eigenvalue weighted by molar-refractivity contribution is 0.0219. The van der Waals surface area contributed by atoms with Crippen LogP contribution in [0.25, 0.3) is 0 Å². The van der Waals surface area contributed by atoms with Crippen LogP contribution >= 0.6 is 0 Å². The first kappa shape index (κ1) is 20.1. The fourth-order valence-corrected chi connectivity index (χ4v) is 7.34. The fourth-order valence-electron chi connectivity index (χ4n) is 5.49. The van der Waals surface area contributed by atoms with E-state index in [0.717, 1.165) is 50.1 Å². The Kier molecular flexibility index (Phi) is 5.71. The lowest BCUT2D eigenvalue weighted by atomic mass is 9.77. The molecule has 1 aromatic carbocycles. The molecule has 0 aliphatic carbocycles. The maximum atomic E-state index is 13.0. The number of nitrogens with two attached hydrogens (primary N) is 1. The van der Waals surface area contributed by atoms with Crippen molar-refractivity contribution in [2.75, 3.05) is 39.0 Å². The number of nitrogens with zero attached hydrogens (tertiary/aromatic N) is 2. The molecule has 3 aliphatic heterocycles. The Morgan fingerprint density at radius 1 is 1.29 bits per heavy atom. The van der Waals surface area contributed by atoms with Gasteiger partial charge in [0.25, 0.3) is 0 Å². The minimum atomic E-state index is -3.24.